The van der Waals surface area contributed by atoms with Gasteiger partial charge in [0.1, 0.15) is 18.4 Å². The second-order valence-electron chi connectivity index (χ2n) is 6.25. The molecule has 2 fully saturated rings. The lowest BCUT2D eigenvalue weighted by molar-refractivity contribution is -0.142. The monoisotopic (exact) mass is 367 g/mol. The molecule has 1 saturated heterocycles. The van der Waals surface area contributed by atoms with Crippen molar-refractivity contribution in [2.45, 2.75) is 44.2 Å². The first kappa shape index (κ1) is 15.8. The van der Waals surface area contributed by atoms with Crippen LogP contribution in [-0.2, 0) is 4.79 Å². The molecule has 0 spiro atoms. The van der Waals surface area contributed by atoms with Crippen molar-refractivity contribution in [2.75, 3.05) is 13.2 Å². The smallest absolute Gasteiger partial charge is 0.320 e. The lowest BCUT2D eigenvalue weighted by atomic mass is 9.85. The van der Waals surface area contributed by atoms with Crippen molar-refractivity contribution in [3.8, 4) is 5.75 Å². The van der Waals surface area contributed by atoms with Gasteiger partial charge in [0.25, 0.3) is 0 Å². The number of rotatable bonds is 5. The van der Waals surface area contributed by atoms with Crippen LogP contribution < -0.4 is 4.74 Å². The predicted molar refractivity (Wildman–Crippen MR) is 88.1 cm³/mol. The third-order valence-electron chi connectivity index (χ3n) is 4.92. The average Bonchev–Trinajstić information content (AvgIpc) is 2.87. The lowest BCUT2D eigenvalue weighted by Crippen LogP contribution is -2.44. The predicted octanol–water partition coefficient (Wildman–Crippen LogP) is 3.55. The molecule has 1 saturated carbocycles. The Kier molecular flexibility index (Phi) is 5.03. The first-order chi connectivity index (χ1) is 10.6. The summed E-state index contributed by atoms with van der Waals surface area (Å²) in [5.41, 5.74) is 0. The molecule has 4 nitrogen and oxygen atoms in total. The number of benzene rings is 1. The molecular weight excluding hydrogens is 346 g/mol. The molecular formula is C17H22BrNO3. The highest BCUT2D eigenvalue weighted by atomic mass is 79.9. The number of hydrogen-bond acceptors (Lipinski definition) is 3. The summed E-state index contributed by atoms with van der Waals surface area (Å²) < 4.78 is 6.78. The second-order valence-corrected chi connectivity index (χ2v) is 7.16. The molecule has 3 atom stereocenters. The van der Waals surface area contributed by atoms with Crippen LogP contribution in [0.4, 0.5) is 0 Å². The third-order valence-corrected chi connectivity index (χ3v) is 5.41. The highest BCUT2D eigenvalue weighted by Crippen LogP contribution is 2.39. The third kappa shape index (κ3) is 3.46. The largest absolute Gasteiger partial charge is 0.492 e. The molecule has 0 radical (unpaired) electrons. The number of carboxylic acid groups (broad SMARTS) is 1. The number of halogens is 1. The van der Waals surface area contributed by atoms with Crippen LogP contribution in [0.15, 0.2) is 28.7 Å². The molecule has 1 aromatic rings. The maximum Gasteiger partial charge on any atom is 0.320 e. The number of hydrogen-bond donors (Lipinski definition) is 1. The zero-order valence-corrected chi connectivity index (χ0v) is 14.2. The summed E-state index contributed by atoms with van der Waals surface area (Å²) in [5.74, 6) is 0.693. The standard InChI is InChI=1S/C17H22BrNO3/c18-13-5-3-6-14(11-13)22-9-8-19-15-7-2-1-4-12(15)10-16(19)17(20)21/h3,5-6,11-12,15-16H,1-2,4,7-10H2,(H,20,21). The van der Waals surface area contributed by atoms with Gasteiger partial charge in [-0.2, -0.15) is 0 Å². The van der Waals surface area contributed by atoms with E-state index in [1.54, 1.807) is 0 Å². The molecule has 1 aromatic carbocycles. The molecule has 0 aromatic heterocycles. The van der Waals surface area contributed by atoms with Crippen molar-refractivity contribution in [1.29, 1.82) is 0 Å². The van der Waals surface area contributed by atoms with Crippen molar-refractivity contribution in [1.82, 2.24) is 4.90 Å². The number of nitrogens with zero attached hydrogens (tertiary/aromatic N) is 1. The Morgan fingerprint density at radius 2 is 2.18 bits per heavy atom. The quantitative estimate of drug-likeness (QED) is 0.864. The van der Waals surface area contributed by atoms with Crippen LogP contribution in [0.5, 0.6) is 5.75 Å². The van der Waals surface area contributed by atoms with E-state index in [1.165, 1.54) is 19.3 Å². The highest BCUT2D eigenvalue weighted by molar-refractivity contribution is 9.10. The van der Waals surface area contributed by atoms with Crippen LogP contribution in [0.1, 0.15) is 32.1 Å². The van der Waals surface area contributed by atoms with Crippen molar-refractivity contribution in [3.63, 3.8) is 0 Å². The minimum atomic E-state index is -0.683. The summed E-state index contributed by atoms with van der Waals surface area (Å²) in [5, 5.41) is 9.49. The first-order valence-electron chi connectivity index (χ1n) is 8.02. The SMILES string of the molecule is O=C(O)C1CC2CCCCC2N1CCOc1cccc(Br)c1. The fraction of sp³-hybridized carbons (Fsp3) is 0.588. The molecule has 3 unspecified atom stereocenters. The van der Waals surface area contributed by atoms with Gasteiger partial charge in [-0.05, 0) is 43.4 Å². The molecule has 120 valence electrons. The van der Waals surface area contributed by atoms with E-state index in [2.05, 4.69) is 20.8 Å². The van der Waals surface area contributed by atoms with Gasteiger partial charge in [-0.15, -0.1) is 0 Å². The van der Waals surface area contributed by atoms with Crippen molar-refractivity contribution >= 4 is 21.9 Å². The number of fused-ring (bicyclic) bond motifs is 1. The normalized spacial score (nSPS) is 28.3. The topological polar surface area (TPSA) is 49.8 Å². The fourth-order valence-corrected chi connectivity index (χ4v) is 4.32. The Balaban J connectivity index is 1.60. The van der Waals surface area contributed by atoms with Crippen LogP contribution in [0.25, 0.3) is 0 Å². The van der Waals surface area contributed by atoms with E-state index in [4.69, 9.17) is 4.74 Å². The fourth-order valence-electron chi connectivity index (χ4n) is 3.94. The Morgan fingerprint density at radius 1 is 1.36 bits per heavy atom. The Morgan fingerprint density at radius 3 is 2.95 bits per heavy atom. The second kappa shape index (κ2) is 7.01. The van der Waals surface area contributed by atoms with E-state index in [0.29, 0.717) is 25.1 Å². The van der Waals surface area contributed by atoms with Gasteiger partial charge in [0, 0.05) is 17.1 Å². The van der Waals surface area contributed by atoms with Crippen LogP contribution in [0.3, 0.4) is 0 Å². The molecule has 22 heavy (non-hydrogen) atoms. The minimum absolute atomic E-state index is 0.334. The van der Waals surface area contributed by atoms with Gasteiger partial charge in [-0.25, -0.2) is 0 Å². The molecule has 2 aliphatic rings. The number of likely N-dealkylation sites (tertiary alicyclic amines) is 1. The molecule has 5 heteroatoms. The molecule has 1 aliphatic carbocycles. The molecule has 1 heterocycles. The van der Waals surface area contributed by atoms with Gasteiger partial charge in [0.15, 0.2) is 0 Å². The van der Waals surface area contributed by atoms with Crippen molar-refractivity contribution < 1.29 is 14.6 Å². The molecule has 0 bridgehead atoms. The molecule has 1 N–H and O–H groups in total. The van der Waals surface area contributed by atoms with E-state index in [9.17, 15) is 9.90 Å². The maximum absolute atomic E-state index is 11.5. The summed E-state index contributed by atoms with van der Waals surface area (Å²) in [6.07, 6.45) is 5.58. The van der Waals surface area contributed by atoms with Gasteiger partial charge >= 0.3 is 5.97 Å². The van der Waals surface area contributed by atoms with E-state index in [-0.39, 0.29) is 6.04 Å². The van der Waals surface area contributed by atoms with E-state index >= 15 is 0 Å². The minimum Gasteiger partial charge on any atom is -0.492 e. The molecule has 1 aliphatic heterocycles. The van der Waals surface area contributed by atoms with Gasteiger partial charge < -0.3 is 9.84 Å². The number of carboxylic acids is 1. The maximum atomic E-state index is 11.5. The number of carbonyl (C=O) groups is 1. The molecule has 3 rings (SSSR count). The Hall–Kier alpha value is -1.07. The van der Waals surface area contributed by atoms with Crippen molar-refractivity contribution in [2.24, 2.45) is 5.92 Å². The van der Waals surface area contributed by atoms with E-state index in [0.717, 1.165) is 23.1 Å². The lowest BCUT2D eigenvalue weighted by Gasteiger charge is -2.32. The Labute approximate surface area is 139 Å². The number of aliphatic carboxylic acids is 1. The van der Waals surface area contributed by atoms with Crippen LogP contribution >= 0.6 is 15.9 Å². The first-order valence-corrected chi connectivity index (χ1v) is 8.81. The Bertz CT molecular complexity index is 536. The van der Waals surface area contributed by atoms with Gasteiger partial charge in [-0.1, -0.05) is 34.8 Å². The summed E-state index contributed by atoms with van der Waals surface area (Å²) in [7, 11) is 0. The summed E-state index contributed by atoms with van der Waals surface area (Å²) >= 11 is 3.43. The van der Waals surface area contributed by atoms with Crippen molar-refractivity contribution in [3.05, 3.63) is 28.7 Å². The average molecular weight is 368 g/mol. The van der Waals surface area contributed by atoms with Crippen LogP contribution in [0, 0.1) is 5.92 Å². The molecule has 0 amide bonds. The highest BCUT2D eigenvalue weighted by Gasteiger charge is 2.44. The number of ether oxygens (including phenoxy) is 1. The van der Waals surface area contributed by atoms with E-state index in [1.807, 2.05) is 24.3 Å². The summed E-state index contributed by atoms with van der Waals surface area (Å²) in [6, 6.07) is 7.85. The summed E-state index contributed by atoms with van der Waals surface area (Å²) in [4.78, 5) is 13.7. The zero-order chi connectivity index (χ0) is 15.5. The van der Waals surface area contributed by atoms with Gasteiger partial charge in [0.2, 0.25) is 0 Å². The van der Waals surface area contributed by atoms with Crippen LogP contribution in [-0.4, -0.2) is 41.2 Å². The summed E-state index contributed by atoms with van der Waals surface area (Å²) in [6.45, 7) is 1.22. The van der Waals surface area contributed by atoms with Gasteiger partial charge in [0.05, 0.1) is 0 Å². The van der Waals surface area contributed by atoms with Gasteiger partial charge in [-0.3, -0.25) is 9.69 Å². The zero-order valence-electron chi connectivity index (χ0n) is 12.6. The van der Waals surface area contributed by atoms with Crippen LogP contribution in [0.2, 0.25) is 0 Å². The van der Waals surface area contributed by atoms with E-state index < -0.39 is 5.97 Å².